The Morgan fingerprint density at radius 3 is 2.42 bits per heavy atom. The fourth-order valence-corrected chi connectivity index (χ4v) is 2.26. The van der Waals surface area contributed by atoms with Crippen molar-refractivity contribution in [3.8, 4) is 0 Å². The van der Waals surface area contributed by atoms with Crippen molar-refractivity contribution in [1.29, 1.82) is 0 Å². The molecule has 1 unspecified atom stereocenters. The van der Waals surface area contributed by atoms with Crippen molar-refractivity contribution in [2.75, 3.05) is 40.8 Å². The second kappa shape index (κ2) is 7.63. The molecule has 1 N–H and O–H groups in total. The van der Waals surface area contributed by atoms with E-state index in [1.165, 1.54) is 11.1 Å². The van der Waals surface area contributed by atoms with Crippen molar-refractivity contribution >= 4 is 0 Å². The average Bonchev–Trinajstić information content (AvgIpc) is 2.31. The quantitative estimate of drug-likeness (QED) is 0.818. The normalized spacial score (nSPS) is 13.3. The van der Waals surface area contributed by atoms with E-state index in [2.05, 4.69) is 63.0 Å². The maximum absolute atomic E-state index is 10.4. The van der Waals surface area contributed by atoms with Gasteiger partial charge in [0.05, 0.1) is 6.10 Å². The van der Waals surface area contributed by atoms with Gasteiger partial charge in [-0.15, -0.1) is 0 Å². The molecule has 0 fully saturated rings. The molecule has 1 aromatic rings. The molecule has 0 saturated carbocycles. The molecule has 3 nitrogen and oxygen atoms in total. The molecule has 1 atom stereocenters. The summed E-state index contributed by atoms with van der Waals surface area (Å²) in [6.45, 7) is 6.92. The van der Waals surface area contributed by atoms with Crippen molar-refractivity contribution in [3.63, 3.8) is 0 Å². The predicted molar refractivity (Wildman–Crippen MR) is 81.5 cm³/mol. The summed E-state index contributed by atoms with van der Waals surface area (Å²) in [4.78, 5) is 4.39. The van der Waals surface area contributed by atoms with Crippen LogP contribution in [0.1, 0.15) is 29.2 Å². The third-order valence-corrected chi connectivity index (χ3v) is 3.42. The van der Waals surface area contributed by atoms with Gasteiger partial charge in [-0.25, -0.2) is 0 Å². The Kier molecular flexibility index (Phi) is 6.49. The van der Waals surface area contributed by atoms with Crippen LogP contribution in [0.25, 0.3) is 0 Å². The van der Waals surface area contributed by atoms with Crippen LogP contribution in [0.2, 0.25) is 0 Å². The van der Waals surface area contributed by atoms with Crippen LogP contribution in [0, 0.1) is 13.8 Å². The first kappa shape index (κ1) is 16.2. The Labute approximate surface area is 117 Å². The largest absolute Gasteiger partial charge is 0.387 e. The topological polar surface area (TPSA) is 26.7 Å². The lowest BCUT2D eigenvalue weighted by molar-refractivity contribution is 0.124. The Hall–Kier alpha value is -0.900. The minimum absolute atomic E-state index is 0.399. The fourth-order valence-electron chi connectivity index (χ4n) is 2.26. The first-order valence-corrected chi connectivity index (χ1v) is 6.98. The summed E-state index contributed by atoms with van der Waals surface area (Å²) in [5.74, 6) is 0. The molecule has 0 amide bonds. The second-order valence-electron chi connectivity index (χ2n) is 5.79. The van der Waals surface area contributed by atoms with Gasteiger partial charge in [0, 0.05) is 6.54 Å². The first-order chi connectivity index (χ1) is 8.90. The van der Waals surface area contributed by atoms with E-state index in [1.807, 2.05) is 0 Å². The molecular formula is C16H28N2O. The second-order valence-corrected chi connectivity index (χ2v) is 5.79. The van der Waals surface area contributed by atoms with Crippen molar-refractivity contribution in [3.05, 3.63) is 34.9 Å². The van der Waals surface area contributed by atoms with Gasteiger partial charge in [0.15, 0.2) is 0 Å². The lowest BCUT2D eigenvalue weighted by Crippen LogP contribution is -2.28. The molecule has 0 spiro atoms. The van der Waals surface area contributed by atoms with Gasteiger partial charge in [0.25, 0.3) is 0 Å². The van der Waals surface area contributed by atoms with Gasteiger partial charge in [0.2, 0.25) is 0 Å². The van der Waals surface area contributed by atoms with Gasteiger partial charge in [-0.1, -0.05) is 23.8 Å². The van der Waals surface area contributed by atoms with Crippen LogP contribution < -0.4 is 0 Å². The van der Waals surface area contributed by atoms with E-state index < -0.39 is 6.10 Å². The number of hydrogen-bond acceptors (Lipinski definition) is 3. The number of hydrogen-bond donors (Lipinski definition) is 1. The molecule has 0 bridgehead atoms. The lowest BCUT2D eigenvalue weighted by atomic mass is 10.0. The molecule has 0 aliphatic rings. The highest BCUT2D eigenvalue weighted by atomic mass is 16.3. The molecule has 3 heteroatoms. The van der Waals surface area contributed by atoms with E-state index in [0.29, 0.717) is 6.54 Å². The smallest absolute Gasteiger partial charge is 0.0919 e. The Bertz CT molecular complexity index is 390. The highest BCUT2D eigenvalue weighted by Crippen LogP contribution is 2.19. The highest BCUT2D eigenvalue weighted by Gasteiger charge is 2.13. The Balaban J connectivity index is 2.49. The summed E-state index contributed by atoms with van der Waals surface area (Å²) in [6.07, 6.45) is 0.729. The summed E-state index contributed by atoms with van der Waals surface area (Å²) < 4.78 is 0. The van der Waals surface area contributed by atoms with Crippen LogP contribution in [0.4, 0.5) is 0 Å². The third kappa shape index (κ3) is 5.72. The zero-order valence-corrected chi connectivity index (χ0v) is 13.0. The standard InChI is InChI=1S/C16H28N2O/c1-13-7-8-14(2)15(11-13)16(19)12-18(5)10-6-9-17(3)4/h7-8,11,16,19H,6,9-10,12H2,1-5H3. The number of rotatable bonds is 7. The Morgan fingerprint density at radius 1 is 1.11 bits per heavy atom. The maximum atomic E-state index is 10.4. The van der Waals surface area contributed by atoms with Crippen LogP contribution in [-0.4, -0.2) is 55.7 Å². The fraction of sp³-hybridized carbons (Fsp3) is 0.625. The van der Waals surface area contributed by atoms with Gasteiger partial charge in [-0.2, -0.15) is 0 Å². The predicted octanol–water partition coefficient (Wildman–Crippen LogP) is 2.22. The molecule has 0 saturated heterocycles. The molecule has 0 aromatic heterocycles. The van der Waals surface area contributed by atoms with Gasteiger partial charge in [-0.3, -0.25) is 0 Å². The number of aliphatic hydroxyl groups is 1. The van der Waals surface area contributed by atoms with Crippen LogP contribution in [0.3, 0.4) is 0 Å². The molecule has 0 heterocycles. The van der Waals surface area contributed by atoms with Gasteiger partial charge in [-0.05, 0) is 65.6 Å². The molecular weight excluding hydrogens is 236 g/mol. The van der Waals surface area contributed by atoms with Crippen LogP contribution in [0.5, 0.6) is 0 Å². The van der Waals surface area contributed by atoms with E-state index in [9.17, 15) is 5.11 Å². The number of aliphatic hydroxyl groups excluding tert-OH is 1. The number of nitrogens with zero attached hydrogens (tertiary/aromatic N) is 2. The zero-order valence-electron chi connectivity index (χ0n) is 13.0. The average molecular weight is 264 g/mol. The van der Waals surface area contributed by atoms with Crippen molar-refractivity contribution in [2.24, 2.45) is 0 Å². The Morgan fingerprint density at radius 2 is 1.79 bits per heavy atom. The lowest BCUT2D eigenvalue weighted by Gasteiger charge is -2.22. The summed E-state index contributed by atoms with van der Waals surface area (Å²) in [5.41, 5.74) is 3.43. The van der Waals surface area contributed by atoms with E-state index in [-0.39, 0.29) is 0 Å². The minimum Gasteiger partial charge on any atom is -0.387 e. The van der Waals surface area contributed by atoms with Crippen LogP contribution >= 0.6 is 0 Å². The van der Waals surface area contributed by atoms with E-state index >= 15 is 0 Å². The van der Waals surface area contributed by atoms with E-state index in [0.717, 1.165) is 25.1 Å². The number of benzene rings is 1. The molecule has 108 valence electrons. The zero-order chi connectivity index (χ0) is 14.4. The highest BCUT2D eigenvalue weighted by molar-refractivity contribution is 5.32. The summed E-state index contributed by atoms with van der Waals surface area (Å²) in [5, 5.41) is 10.4. The van der Waals surface area contributed by atoms with E-state index in [1.54, 1.807) is 0 Å². The summed E-state index contributed by atoms with van der Waals surface area (Å²) in [6, 6.07) is 6.26. The van der Waals surface area contributed by atoms with Gasteiger partial charge >= 0.3 is 0 Å². The van der Waals surface area contributed by atoms with Crippen molar-refractivity contribution < 1.29 is 5.11 Å². The SMILES string of the molecule is Cc1ccc(C)c(C(O)CN(C)CCCN(C)C)c1. The van der Waals surface area contributed by atoms with E-state index in [4.69, 9.17) is 0 Å². The number of likely N-dealkylation sites (N-methyl/N-ethyl adjacent to an activating group) is 1. The maximum Gasteiger partial charge on any atom is 0.0919 e. The summed E-state index contributed by atoms with van der Waals surface area (Å²) >= 11 is 0. The van der Waals surface area contributed by atoms with Gasteiger partial charge < -0.3 is 14.9 Å². The minimum atomic E-state index is -0.399. The van der Waals surface area contributed by atoms with Crippen molar-refractivity contribution in [1.82, 2.24) is 9.80 Å². The van der Waals surface area contributed by atoms with Gasteiger partial charge in [0.1, 0.15) is 0 Å². The molecule has 1 rings (SSSR count). The van der Waals surface area contributed by atoms with Crippen molar-refractivity contribution in [2.45, 2.75) is 26.4 Å². The molecule has 19 heavy (non-hydrogen) atoms. The first-order valence-electron chi connectivity index (χ1n) is 6.98. The summed E-state index contributed by atoms with van der Waals surface area (Å²) in [7, 11) is 6.25. The van der Waals surface area contributed by atoms with Crippen LogP contribution in [0.15, 0.2) is 18.2 Å². The molecule has 0 aliphatic carbocycles. The molecule has 0 aliphatic heterocycles. The monoisotopic (exact) mass is 264 g/mol. The molecule has 0 radical (unpaired) electrons. The number of aryl methyl sites for hydroxylation is 2. The van der Waals surface area contributed by atoms with Crippen LogP contribution in [-0.2, 0) is 0 Å². The molecule has 1 aromatic carbocycles. The third-order valence-electron chi connectivity index (χ3n) is 3.42.